The Morgan fingerprint density at radius 3 is 2.58 bits per heavy atom. The smallest absolute Gasteiger partial charge is 0.118 e. The fraction of sp³-hybridized carbons (Fsp3) is 0.250. The summed E-state index contributed by atoms with van der Waals surface area (Å²) in [5.74, 6) is 0.881. The number of methoxy groups -OCH3 is 1. The van der Waals surface area contributed by atoms with Gasteiger partial charge in [-0.1, -0.05) is 18.2 Å². The predicted molar refractivity (Wildman–Crippen MR) is 99.7 cm³/mol. The Morgan fingerprint density at radius 1 is 1.08 bits per heavy atom. The molecule has 3 aromatic rings. The number of nitrogens with one attached hydrogen (secondary N) is 1. The van der Waals surface area contributed by atoms with Gasteiger partial charge in [0, 0.05) is 23.8 Å². The van der Waals surface area contributed by atoms with Crippen LogP contribution in [0.2, 0.25) is 0 Å². The highest BCUT2D eigenvalue weighted by molar-refractivity contribution is 5.82. The van der Waals surface area contributed by atoms with Crippen LogP contribution in [-0.4, -0.2) is 37.6 Å². The van der Waals surface area contributed by atoms with Crippen LogP contribution in [0, 0.1) is 0 Å². The van der Waals surface area contributed by atoms with Crippen LogP contribution in [0.4, 0.5) is 5.69 Å². The van der Waals surface area contributed by atoms with Crippen LogP contribution in [0.25, 0.3) is 10.9 Å². The molecule has 0 fully saturated rings. The minimum absolute atomic E-state index is 0.278. The number of ether oxygens (including phenoxy) is 1. The van der Waals surface area contributed by atoms with Crippen molar-refractivity contribution in [2.75, 3.05) is 33.1 Å². The fourth-order valence-electron chi connectivity index (χ4n) is 2.82. The molecule has 1 unspecified atom stereocenters. The van der Waals surface area contributed by atoms with Gasteiger partial charge in [-0.15, -0.1) is 0 Å². The minimum Gasteiger partial charge on any atom is -0.497 e. The first-order valence-electron chi connectivity index (χ1n) is 8.06. The van der Waals surface area contributed by atoms with Gasteiger partial charge in [0.1, 0.15) is 5.75 Å². The van der Waals surface area contributed by atoms with Crippen LogP contribution < -0.4 is 10.1 Å². The molecule has 24 heavy (non-hydrogen) atoms. The highest BCUT2D eigenvalue weighted by atomic mass is 16.5. The summed E-state index contributed by atoms with van der Waals surface area (Å²) < 4.78 is 5.24. The summed E-state index contributed by atoms with van der Waals surface area (Å²) in [6, 6.07) is 18.9. The normalized spacial score (nSPS) is 12.3. The van der Waals surface area contributed by atoms with Gasteiger partial charge in [-0.25, -0.2) is 0 Å². The van der Waals surface area contributed by atoms with Gasteiger partial charge in [0.25, 0.3) is 0 Å². The van der Waals surface area contributed by atoms with E-state index in [0.717, 1.165) is 28.9 Å². The van der Waals surface area contributed by atoms with Gasteiger partial charge in [-0.3, -0.25) is 4.98 Å². The van der Waals surface area contributed by atoms with Gasteiger partial charge < -0.3 is 15.0 Å². The number of hydrogen-bond donors (Lipinski definition) is 1. The van der Waals surface area contributed by atoms with E-state index >= 15 is 0 Å². The molecule has 4 heteroatoms. The largest absolute Gasteiger partial charge is 0.497 e. The lowest BCUT2D eigenvalue weighted by molar-refractivity contribution is 0.311. The molecule has 0 radical (unpaired) electrons. The zero-order chi connectivity index (χ0) is 16.9. The molecule has 0 saturated carbocycles. The molecule has 0 bridgehead atoms. The summed E-state index contributed by atoms with van der Waals surface area (Å²) in [5, 5.41) is 4.69. The Labute approximate surface area is 143 Å². The van der Waals surface area contributed by atoms with Crippen LogP contribution in [0.5, 0.6) is 5.75 Å². The van der Waals surface area contributed by atoms with Crippen molar-refractivity contribution in [1.82, 2.24) is 9.88 Å². The van der Waals surface area contributed by atoms with Gasteiger partial charge in [-0.2, -0.15) is 0 Å². The lowest BCUT2D eigenvalue weighted by atomic mass is 10.1. The van der Waals surface area contributed by atoms with Gasteiger partial charge in [0.15, 0.2) is 0 Å². The van der Waals surface area contributed by atoms with Crippen LogP contribution in [0.3, 0.4) is 0 Å². The molecular formula is C20H23N3O. The van der Waals surface area contributed by atoms with Crippen molar-refractivity contribution in [3.8, 4) is 5.75 Å². The van der Waals surface area contributed by atoms with Crippen molar-refractivity contribution in [3.63, 3.8) is 0 Å². The Kier molecular flexibility index (Phi) is 4.96. The molecular weight excluding hydrogens is 298 g/mol. The Bertz CT molecular complexity index is 799. The minimum atomic E-state index is 0.278. The zero-order valence-corrected chi connectivity index (χ0v) is 14.4. The molecule has 0 aliphatic rings. The lowest BCUT2D eigenvalue weighted by Gasteiger charge is -2.25. The fourth-order valence-corrected chi connectivity index (χ4v) is 2.82. The second kappa shape index (κ2) is 7.32. The summed E-state index contributed by atoms with van der Waals surface area (Å²) in [6.07, 6.45) is 1.82. The molecule has 1 aromatic heterocycles. The molecule has 0 amide bonds. The molecule has 1 atom stereocenters. The van der Waals surface area contributed by atoms with Gasteiger partial charge in [0.05, 0.1) is 18.7 Å². The van der Waals surface area contributed by atoms with Crippen molar-refractivity contribution in [1.29, 1.82) is 0 Å². The van der Waals surface area contributed by atoms with Crippen molar-refractivity contribution < 1.29 is 4.74 Å². The second-order valence-corrected chi connectivity index (χ2v) is 6.04. The Morgan fingerprint density at radius 2 is 1.88 bits per heavy atom. The van der Waals surface area contributed by atoms with E-state index in [0.29, 0.717) is 0 Å². The second-order valence-electron chi connectivity index (χ2n) is 6.04. The van der Waals surface area contributed by atoms with E-state index in [2.05, 4.69) is 65.7 Å². The molecule has 4 nitrogen and oxygen atoms in total. The maximum atomic E-state index is 5.24. The predicted octanol–water partition coefficient (Wildman–Crippen LogP) is 3.96. The van der Waals surface area contributed by atoms with Crippen molar-refractivity contribution in [3.05, 3.63) is 66.4 Å². The van der Waals surface area contributed by atoms with Crippen molar-refractivity contribution in [2.24, 2.45) is 0 Å². The van der Waals surface area contributed by atoms with E-state index in [4.69, 9.17) is 4.74 Å². The summed E-state index contributed by atoms with van der Waals surface area (Å²) in [4.78, 5) is 6.58. The number of anilines is 1. The Hall–Kier alpha value is -2.59. The zero-order valence-electron chi connectivity index (χ0n) is 14.4. The van der Waals surface area contributed by atoms with E-state index in [9.17, 15) is 0 Å². The van der Waals surface area contributed by atoms with Crippen LogP contribution in [-0.2, 0) is 0 Å². The number of fused-ring (bicyclic) bond motifs is 1. The molecule has 1 heterocycles. The molecule has 0 aliphatic heterocycles. The standard InChI is InChI=1S/C20H23N3O/c1-23(2)20(15-6-9-18(24-3)10-7-15)14-22-17-8-11-19-16(13-17)5-4-12-21-19/h4-13,20,22H,14H2,1-3H3. The number of benzene rings is 2. The topological polar surface area (TPSA) is 37.4 Å². The van der Waals surface area contributed by atoms with E-state index in [-0.39, 0.29) is 6.04 Å². The number of rotatable bonds is 6. The van der Waals surface area contributed by atoms with Gasteiger partial charge >= 0.3 is 0 Å². The van der Waals surface area contributed by atoms with E-state index in [1.54, 1.807) is 7.11 Å². The molecule has 3 rings (SSSR count). The molecule has 0 saturated heterocycles. The Balaban J connectivity index is 1.75. The third-order valence-corrected chi connectivity index (χ3v) is 4.23. The van der Waals surface area contributed by atoms with E-state index < -0.39 is 0 Å². The summed E-state index contributed by atoms with van der Waals surface area (Å²) in [5.41, 5.74) is 3.38. The first-order valence-corrected chi connectivity index (χ1v) is 8.06. The molecule has 124 valence electrons. The molecule has 0 aliphatic carbocycles. The maximum absolute atomic E-state index is 5.24. The molecule has 2 aromatic carbocycles. The summed E-state index contributed by atoms with van der Waals surface area (Å²) in [6.45, 7) is 0.825. The third kappa shape index (κ3) is 3.66. The number of likely N-dealkylation sites (N-methyl/N-ethyl adjacent to an activating group) is 1. The number of aromatic nitrogens is 1. The van der Waals surface area contributed by atoms with Crippen LogP contribution >= 0.6 is 0 Å². The number of nitrogens with zero attached hydrogens (tertiary/aromatic N) is 2. The van der Waals surface area contributed by atoms with Gasteiger partial charge in [-0.05, 0) is 56.1 Å². The van der Waals surface area contributed by atoms with E-state index in [1.807, 2.05) is 24.4 Å². The average Bonchev–Trinajstić information content (AvgIpc) is 2.62. The van der Waals surface area contributed by atoms with E-state index in [1.165, 1.54) is 5.56 Å². The first kappa shape index (κ1) is 16.3. The highest BCUT2D eigenvalue weighted by Gasteiger charge is 2.14. The number of hydrogen-bond acceptors (Lipinski definition) is 4. The monoisotopic (exact) mass is 321 g/mol. The van der Waals surface area contributed by atoms with Crippen molar-refractivity contribution in [2.45, 2.75) is 6.04 Å². The summed E-state index contributed by atoms with van der Waals surface area (Å²) >= 11 is 0. The highest BCUT2D eigenvalue weighted by Crippen LogP contribution is 2.23. The lowest BCUT2D eigenvalue weighted by Crippen LogP contribution is -2.26. The van der Waals surface area contributed by atoms with Crippen molar-refractivity contribution >= 4 is 16.6 Å². The molecule has 1 N–H and O–H groups in total. The third-order valence-electron chi connectivity index (χ3n) is 4.23. The number of pyridine rings is 1. The SMILES string of the molecule is COc1ccc(C(CNc2ccc3ncccc3c2)N(C)C)cc1. The molecule has 0 spiro atoms. The maximum Gasteiger partial charge on any atom is 0.118 e. The first-order chi connectivity index (χ1) is 11.7. The summed E-state index contributed by atoms with van der Waals surface area (Å²) in [7, 11) is 5.89. The average molecular weight is 321 g/mol. The van der Waals surface area contributed by atoms with Gasteiger partial charge in [0.2, 0.25) is 0 Å². The van der Waals surface area contributed by atoms with Crippen LogP contribution in [0.15, 0.2) is 60.8 Å². The van der Waals surface area contributed by atoms with Crippen LogP contribution in [0.1, 0.15) is 11.6 Å². The quantitative estimate of drug-likeness (QED) is 0.746.